The van der Waals surface area contributed by atoms with E-state index in [1.165, 1.54) is 0 Å². The van der Waals surface area contributed by atoms with Crippen molar-refractivity contribution in [2.75, 3.05) is 0 Å². The molecule has 1 N–H and O–H groups in total. The Balaban J connectivity index is 3.52. The van der Waals surface area contributed by atoms with Crippen molar-refractivity contribution < 1.29 is 9.63 Å². The predicted molar refractivity (Wildman–Crippen MR) is 43.8 cm³/mol. The minimum Gasteiger partial charge on any atom is -0.273 e. The first kappa shape index (κ1) is 10.4. The summed E-state index contributed by atoms with van der Waals surface area (Å²) in [6.07, 6.45) is 0.885. The summed E-state index contributed by atoms with van der Waals surface area (Å²) in [5.74, 6) is -0.00468. The molecule has 1 unspecified atom stereocenters. The monoisotopic (exact) mass is 159 g/mol. The molecule has 0 rings (SSSR count). The smallest absolute Gasteiger partial charge is 0.246 e. The van der Waals surface area contributed by atoms with E-state index < -0.39 is 0 Å². The highest BCUT2D eigenvalue weighted by Gasteiger charge is 2.09. The first-order valence-corrected chi connectivity index (χ1v) is 4.03. The Labute approximate surface area is 68.1 Å². The van der Waals surface area contributed by atoms with E-state index in [0.717, 1.165) is 6.42 Å². The third-order valence-corrected chi connectivity index (χ3v) is 1.46. The summed E-state index contributed by atoms with van der Waals surface area (Å²) in [5.41, 5.74) is 2.39. The van der Waals surface area contributed by atoms with Crippen LogP contribution in [0.4, 0.5) is 0 Å². The molecule has 0 fully saturated rings. The number of nitrogens with one attached hydrogen (secondary N) is 1. The topological polar surface area (TPSA) is 38.3 Å². The molecule has 0 aromatic carbocycles. The van der Waals surface area contributed by atoms with Crippen LogP contribution in [0.3, 0.4) is 0 Å². The van der Waals surface area contributed by atoms with Gasteiger partial charge in [0, 0.05) is 5.92 Å². The summed E-state index contributed by atoms with van der Waals surface area (Å²) in [4.78, 5) is 16.0. The normalized spacial score (nSPS) is 13.2. The van der Waals surface area contributed by atoms with E-state index in [0.29, 0.717) is 0 Å². The van der Waals surface area contributed by atoms with Gasteiger partial charge in [-0.05, 0) is 20.3 Å². The predicted octanol–water partition coefficient (Wildman–Crippen LogP) is 1.49. The summed E-state index contributed by atoms with van der Waals surface area (Å²) in [6.45, 7) is 7.59. The SMILES string of the molecule is CCC(C)C(=O)NOC(C)C. The quantitative estimate of drug-likeness (QED) is 0.631. The first-order chi connectivity index (χ1) is 5.07. The first-order valence-electron chi connectivity index (χ1n) is 4.03. The lowest BCUT2D eigenvalue weighted by Gasteiger charge is -2.11. The van der Waals surface area contributed by atoms with Gasteiger partial charge in [0.05, 0.1) is 6.10 Å². The Morgan fingerprint density at radius 2 is 2.00 bits per heavy atom. The number of carbonyl (C=O) groups is 1. The van der Waals surface area contributed by atoms with Crippen molar-refractivity contribution in [2.24, 2.45) is 5.92 Å². The largest absolute Gasteiger partial charge is 0.273 e. The molecule has 0 spiro atoms. The number of hydrogen-bond donors (Lipinski definition) is 1. The summed E-state index contributed by atoms with van der Waals surface area (Å²) in [5, 5.41) is 0. The van der Waals surface area contributed by atoms with Crippen molar-refractivity contribution >= 4 is 5.91 Å². The molecule has 0 aliphatic heterocycles. The Kier molecular flexibility index (Phi) is 4.86. The second-order valence-corrected chi connectivity index (χ2v) is 2.94. The van der Waals surface area contributed by atoms with Crippen LogP contribution in [0.15, 0.2) is 0 Å². The zero-order valence-electron chi connectivity index (χ0n) is 7.68. The molecule has 1 atom stereocenters. The standard InChI is InChI=1S/C8H17NO2/c1-5-7(4)8(10)9-11-6(2)3/h6-7H,5H2,1-4H3,(H,9,10). The lowest BCUT2D eigenvalue weighted by Crippen LogP contribution is -2.31. The molecular formula is C8H17NO2. The molecular weight excluding hydrogens is 142 g/mol. The molecule has 0 bridgehead atoms. The van der Waals surface area contributed by atoms with Crippen molar-refractivity contribution in [1.82, 2.24) is 5.48 Å². The number of carbonyl (C=O) groups excluding carboxylic acids is 1. The minimum atomic E-state index is -0.0406. The molecule has 66 valence electrons. The van der Waals surface area contributed by atoms with Crippen molar-refractivity contribution in [2.45, 2.75) is 40.2 Å². The zero-order chi connectivity index (χ0) is 8.85. The molecule has 0 aromatic rings. The number of amides is 1. The van der Waals surface area contributed by atoms with Crippen molar-refractivity contribution in [3.8, 4) is 0 Å². The molecule has 11 heavy (non-hydrogen) atoms. The van der Waals surface area contributed by atoms with E-state index >= 15 is 0 Å². The van der Waals surface area contributed by atoms with Gasteiger partial charge in [-0.15, -0.1) is 0 Å². The molecule has 1 amide bonds. The molecule has 0 aromatic heterocycles. The molecule has 3 nitrogen and oxygen atoms in total. The third-order valence-electron chi connectivity index (χ3n) is 1.46. The van der Waals surface area contributed by atoms with Gasteiger partial charge in [-0.25, -0.2) is 5.48 Å². The average Bonchev–Trinajstić information content (AvgIpc) is 1.98. The minimum absolute atomic E-state index is 0.0359. The molecule has 0 aliphatic carbocycles. The van der Waals surface area contributed by atoms with E-state index in [1.54, 1.807) is 0 Å². The molecule has 0 radical (unpaired) electrons. The van der Waals surface area contributed by atoms with Crippen LogP contribution in [0.2, 0.25) is 0 Å². The number of hydrogen-bond acceptors (Lipinski definition) is 2. The molecule has 0 saturated heterocycles. The van der Waals surface area contributed by atoms with Crippen LogP contribution in [-0.2, 0) is 9.63 Å². The highest BCUT2D eigenvalue weighted by atomic mass is 16.7. The fourth-order valence-corrected chi connectivity index (χ4v) is 0.462. The van der Waals surface area contributed by atoms with Crippen LogP contribution < -0.4 is 5.48 Å². The van der Waals surface area contributed by atoms with Gasteiger partial charge in [0.15, 0.2) is 0 Å². The number of rotatable bonds is 4. The highest BCUT2D eigenvalue weighted by Crippen LogP contribution is 1.99. The Morgan fingerprint density at radius 3 is 2.36 bits per heavy atom. The van der Waals surface area contributed by atoms with Gasteiger partial charge in [-0.3, -0.25) is 9.63 Å². The molecule has 0 aliphatic rings. The Hall–Kier alpha value is -0.570. The lowest BCUT2D eigenvalue weighted by atomic mass is 10.1. The average molecular weight is 159 g/mol. The van der Waals surface area contributed by atoms with Gasteiger partial charge in [0.1, 0.15) is 0 Å². The van der Waals surface area contributed by atoms with Crippen LogP contribution in [0.5, 0.6) is 0 Å². The van der Waals surface area contributed by atoms with E-state index in [1.807, 2.05) is 27.7 Å². The van der Waals surface area contributed by atoms with Crippen molar-refractivity contribution in [1.29, 1.82) is 0 Å². The van der Waals surface area contributed by atoms with Crippen LogP contribution in [0.25, 0.3) is 0 Å². The lowest BCUT2D eigenvalue weighted by molar-refractivity contribution is -0.140. The van der Waals surface area contributed by atoms with Crippen LogP contribution in [0, 0.1) is 5.92 Å². The van der Waals surface area contributed by atoms with Gasteiger partial charge in [-0.1, -0.05) is 13.8 Å². The Morgan fingerprint density at radius 1 is 1.45 bits per heavy atom. The maximum Gasteiger partial charge on any atom is 0.246 e. The summed E-state index contributed by atoms with van der Waals surface area (Å²) >= 11 is 0. The highest BCUT2D eigenvalue weighted by molar-refractivity contribution is 5.77. The summed E-state index contributed by atoms with van der Waals surface area (Å²) in [7, 11) is 0. The fourth-order valence-electron chi connectivity index (χ4n) is 0.462. The van der Waals surface area contributed by atoms with Crippen LogP contribution in [0.1, 0.15) is 34.1 Å². The van der Waals surface area contributed by atoms with E-state index in [9.17, 15) is 4.79 Å². The maximum absolute atomic E-state index is 11.0. The molecule has 0 heterocycles. The fraction of sp³-hybridized carbons (Fsp3) is 0.875. The van der Waals surface area contributed by atoms with Gasteiger partial charge >= 0.3 is 0 Å². The van der Waals surface area contributed by atoms with Gasteiger partial charge in [0.25, 0.3) is 0 Å². The third kappa shape index (κ3) is 4.79. The van der Waals surface area contributed by atoms with Gasteiger partial charge in [-0.2, -0.15) is 0 Å². The second-order valence-electron chi connectivity index (χ2n) is 2.94. The maximum atomic E-state index is 11.0. The summed E-state index contributed by atoms with van der Waals surface area (Å²) < 4.78 is 0. The van der Waals surface area contributed by atoms with Crippen molar-refractivity contribution in [3.05, 3.63) is 0 Å². The van der Waals surface area contributed by atoms with Gasteiger partial charge in [0.2, 0.25) is 5.91 Å². The molecule has 0 saturated carbocycles. The second kappa shape index (κ2) is 5.13. The van der Waals surface area contributed by atoms with Crippen LogP contribution in [-0.4, -0.2) is 12.0 Å². The van der Waals surface area contributed by atoms with Gasteiger partial charge < -0.3 is 0 Å². The van der Waals surface area contributed by atoms with E-state index in [4.69, 9.17) is 4.84 Å². The Bertz CT molecular complexity index is 123. The summed E-state index contributed by atoms with van der Waals surface area (Å²) in [6, 6.07) is 0. The van der Waals surface area contributed by atoms with Crippen LogP contribution >= 0.6 is 0 Å². The zero-order valence-corrected chi connectivity index (χ0v) is 7.68. The van der Waals surface area contributed by atoms with E-state index in [-0.39, 0.29) is 17.9 Å². The number of hydroxylamine groups is 1. The molecule has 3 heteroatoms. The van der Waals surface area contributed by atoms with E-state index in [2.05, 4.69) is 5.48 Å². The van der Waals surface area contributed by atoms with Crippen molar-refractivity contribution in [3.63, 3.8) is 0 Å².